The molecule has 2 rings (SSSR count). The van der Waals surface area contributed by atoms with Gasteiger partial charge in [-0.2, -0.15) is 0 Å². The van der Waals surface area contributed by atoms with Crippen LogP contribution in [-0.2, 0) is 6.42 Å². The van der Waals surface area contributed by atoms with Crippen LogP contribution in [0.4, 0.5) is 0 Å². The van der Waals surface area contributed by atoms with Crippen LogP contribution in [0, 0.1) is 0 Å². The van der Waals surface area contributed by atoms with Gasteiger partial charge in [-0.05, 0) is 42.4 Å². The van der Waals surface area contributed by atoms with Gasteiger partial charge in [0.1, 0.15) is 0 Å². The van der Waals surface area contributed by atoms with Gasteiger partial charge >= 0.3 is 5.97 Å². The minimum atomic E-state index is -0.784. The third kappa shape index (κ3) is 2.68. The first-order valence-electron chi connectivity index (χ1n) is 6.58. The second-order valence-electron chi connectivity index (χ2n) is 4.92. The molecule has 1 aliphatic rings. The van der Waals surface area contributed by atoms with Crippen molar-refractivity contribution >= 4 is 5.97 Å². The highest BCUT2D eigenvalue weighted by Gasteiger charge is 2.21. The predicted octanol–water partition coefficient (Wildman–Crippen LogP) is 3.99. The van der Waals surface area contributed by atoms with Gasteiger partial charge in [-0.25, -0.2) is 4.79 Å². The van der Waals surface area contributed by atoms with Crippen LogP contribution in [0.3, 0.4) is 0 Å². The van der Waals surface area contributed by atoms with Crippen molar-refractivity contribution in [1.29, 1.82) is 0 Å². The van der Waals surface area contributed by atoms with Crippen molar-refractivity contribution in [3.05, 3.63) is 34.9 Å². The van der Waals surface area contributed by atoms with Crippen LogP contribution in [-0.4, -0.2) is 11.1 Å². The maximum absolute atomic E-state index is 11.3. The molecule has 1 saturated carbocycles. The molecule has 0 saturated heterocycles. The highest BCUT2D eigenvalue weighted by Crippen LogP contribution is 2.35. The molecule has 0 radical (unpaired) electrons. The molecule has 1 aliphatic carbocycles. The zero-order valence-electron chi connectivity index (χ0n) is 10.4. The first-order valence-corrected chi connectivity index (χ1v) is 6.58. The summed E-state index contributed by atoms with van der Waals surface area (Å²) in [6.45, 7) is 2.11. The van der Waals surface area contributed by atoms with Crippen LogP contribution < -0.4 is 0 Å². The lowest BCUT2D eigenvalue weighted by Crippen LogP contribution is -2.11. The summed E-state index contributed by atoms with van der Waals surface area (Å²) in [5.74, 6) is -0.324. The number of hydrogen-bond donors (Lipinski definition) is 1. The molecule has 0 aromatic heterocycles. The maximum atomic E-state index is 11.3. The van der Waals surface area contributed by atoms with Gasteiger partial charge < -0.3 is 5.11 Å². The minimum Gasteiger partial charge on any atom is -0.478 e. The van der Waals surface area contributed by atoms with Gasteiger partial charge in [0.2, 0.25) is 0 Å². The van der Waals surface area contributed by atoms with E-state index in [4.69, 9.17) is 0 Å². The molecule has 1 fully saturated rings. The van der Waals surface area contributed by atoms with Gasteiger partial charge in [-0.3, -0.25) is 0 Å². The van der Waals surface area contributed by atoms with Crippen LogP contribution in [0.2, 0.25) is 0 Å². The van der Waals surface area contributed by atoms with Gasteiger partial charge in [-0.1, -0.05) is 38.3 Å². The quantitative estimate of drug-likeness (QED) is 0.855. The number of carboxylic acid groups (broad SMARTS) is 1. The Morgan fingerprint density at radius 1 is 1.29 bits per heavy atom. The van der Waals surface area contributed by atoms with Crippen LogP contribution in [0.5, 0.6) is 0 Å². The third-order valence-electron chi connectivity index (χ3n) is 3.80. The average molecular weight is 232 g/mol. The molecule has 0 aliphatic heterocycles. The first kappa shape index (κ1) is 12.2. The molecule has 0 unspecified atom stereocenters. The summed E-state index contributed by atoms with van der Waals surface area (Å²) in [7, 11) is 0. The molecule has 92 valence electrons. The Bertz CT molecular complexity index is 403. The Balaban J connectivity index is 2.36. The number of carbonyl (C=O) groups is 1. The van der Waals surface area contributed by atoms with Gasteiger partial charge in [-0.15, -0.1) is 0 Å². The second-order valence-corrected chi connectivity index (χ2v) is 4.92. The third-order valence-corrected chi connectivity index (χ3v) is 3.80. The molecule has 1 aromatic rings. The Hall–Kier alpha value is -1.31. The summed E-state index contributed by atoms with van der Waals surface area (Å²) in [6.07, 6.45) is 7.03. The second kappa shape index (κ2) is 5.35. The molecule has 0 bridgehead atoms. The molecule has 0 atom stereocenters. The Morgan fingerprint density at radius 2 is 2.00 bits per heavy atom. The van der Waals surface area contributed by atoms with Crippen molar-refractivity contribution in [1.82, 2.24) is 0 Å². The number of benzene rings is 1. The van der Waals surface area contributed by atoms with Crippen molar-refractivity contribution in [3.8, 4) is 0 Å². The summed E-state index contributed by atoms with van der Waals surface area (Å²) in [6, 6.07) is 5.83. The molecule has 2 nitrogen and oxygen atoms in total. The van der Waals surface area contributed by atoms with E-state index in [1.165, 1.54) is 24.8 Å². The van der Waals surface area contributed by atoms with Crippen LogP contribution in [0.1, 0.15) is 66.4 Å². The van der Waals surface area contributed by atoms with E-state index < -0.39 is 5.97 Å². The topological polar surface area (TPSA) is 37.3 Å². The summed E-state index contributed by atoms with van der Waals surface area (Å²) < 4.78 is 0. The van der Waals surface area contributed by atoms with Crippen molar-refractivity contribution in [2.75, 3.05) is 0 Å². The Labute approximate surface area is 103 Å². The summed E-state index contributed by atoms with van der Waals surface area (Å²) >= 11 is 0. The van der Waals surface area contributed by atoms with Gasteiger partial charge in [0.05, 0.1) is 5.56 Å². The van der Waals surface area contributed by atoms with E-state index >= 15 is 0 Å². The average Bonchev–Trinajstić information content (AvgIpc) is 2.39. The lowest BCUT2D eigenvalue weighted by Gasteiger charge is -2.24. The van der Waals surface area contributed by atoms with E-state index in [0.717, 1.165) is 24.8 Å². The zero-order chi connectivity index (χ0) is 12.3. The van der Waals surface area contributed by atoms with E-state index in [1.807, 2.05) is 6.07 Å². The molecular weight excluding hydrogens is 212 g/mol. The van der Waals surface area contributed by atoms with Crippen LogP contribution in [0.25, 0.3) is 0 Å². The van der Waals surface area contributed by atoms with E-state index in [0.29, 0.717) is 11.5 Å². The molecule has 0 spiro atoms. The van der Waals surface area contributed by atoms with Crippen LogP contribution >= 0.6 is 0 Å². The number of rotatable bonds is 3. The fourth-order valence-electron chi connectivity index (χ4n) is 2.78. The van der Waals surface area contributed by atoms with Crippen molar-refractivity contribution in [2.45, 2.75) is 51.4 Å². The van der Waals surface area contributed by atoms with Gasteiger partial charge in [0.15, 0.2) is 0 Å². The maximum Gasteiger partial charge on any atom is 0.335 e. The summed E-state index contributed by atoms with van der Waals surface area (Å²) in [5.41, 5.74) is 2.82. The molecule has 2 heteroatoms. The molecule has 1 aromatic carbocycles. The molecule has 17 heavy (non-hydrogen) atoms. The van der Waals surface area contributed by atoms with E-state index in [9.17, 15) is 9.90 Å². The minimum absolute atomic E-state index is 0.460. The Kier molecular flexibility index (Phi) is 3.82. The summed E-state index contributed by atoms with van der Waals surface area (Å²) in [5, 5.41) is 9.26. The predicted molar refractivity (Wildman–Crippen MR) is 68.6 cm³/mol. The van der Waals surface area contributed by atoms with Crippen molar-refractivity contribution < 1.29 is 9.90 Å². The first-order chi connectivity index (χ1) is 8.22. The molecule has 0 amide bonds. The van der Waals surface area contributed by atoms with Gasteiger partial charge in [0.25, 0.3) is 0 Å². The fraction of sp³-hybridized carbons (Fsp3) is 0.533. The lowest BCUT2D eigenvalue weighted by molar-refractivity contribution is 0.0694. The number of carboxylic acids is 1. The lowest BCUT2D eigenvalue weighted by atomic mass is 9.81. The number of aromatic carboxylic acids is 1. The highest BCUT2D eigenvalue weighted by molar-refractivity contribution is 5.89. The molecule has 0 heterocycles. The number of aryl methyl sites for hydroxylation is 1. The SMILES string of the molecule is CCc1ccc(C(=O)O)c(C2CCCCC2)c1. The van der Waals surface area contributed by atoms with Crippen LogP contribution in [0.15, 0.2) is 18.2 Å². The smallest absolute Gasteiger partial charge is 0.335 e. The van der Waals surface area contributed by atoms with Crippen molar-refractivity contribution in [3.63, 3.8) is 0 Å². The molecular formula is C15H20O2. The normalized spacial score (nSPS) is 17.0. The molecule has 1 N–H and O–H groups in total. The van der Waals surface area contributed by atoms with E-state index in [2.05, 4.69) is 13.0 Å². The van der Waals surface area contributed by atoms with E-state index in [-0.39, 0.29) is 0 Å². The monoisotopic (exact) mass is 232 g/mol. The van der Waals surface area contributed by atoms with E-state index in [1.54, 1.807) is 6.07 Å². The zero-order valence-corrected chi connectivity index (χ0v) is 10.4. The van der Waals surface area contributed by atoms with Crippen molar-refractivity contribution in [2.24, 2.45) is 0 Å². The highest BCUT2D eigenvalue weighted by atomic mass is 16.4. The number of hydrogen-bond acceptors (Lipinski definition) is 1. The fourth-order valence-corrected chi connectivity index (χ4v) is 2.78. The van der Waals surface area contributed by atoms with Gasteiger partial charge in [0, 0.05) is 0 Å². The Morgan fingerprint density at radius 3 is 2.59 bits per heavy atom. The largest absolute Gasteiger partial charge is 0.478 e. The standard InChI is InChI=1S/C15H20O2/c1-2-11-8-9-13(15(16)17)14(10-11)12-6-4-3-5-7-12/h8-10,12H,2-7H2,1H3,(H,16,17). The summed E-state index contributed by atoms with van der Waals surface area (Å²) in [4.78, 5) is 11.3.